The minimum Gasteiger partial charge on any atom is -0.480 e. The third-order valence-electron chi connectivity index (χ3n) is 4.85. The van der Waals surface area contributed by atoms with E-state index in [1.165, 1.54) is 0 Å². The van der Waals surface area contributed by atoms with Gasteiger partial charge in [0.25, 0.3) is 0 Å². The quantitative estimate of drug-likeness (QED) is 0.667. The van der Waals surface area contributed by atoms with Crippen molar-refractivity contribution < 1.29 is 23.5 Å². The molecule has 0 spiro atoms. The van der Waals surface area contributed by atoms with Crippen LogP contribution in [0.2, 0.25) is 0 Å². The van der Waals surface area contributed by atoms with E-state index in [0.717, 1.165) is 16.5 Å². The maximum atomic E-state index is 12.4. The SMILES string of the molecule is CC[C@H](NC(=O)Cc1c(C)c2c(cc(C)c3c(C)coc32)oc1=O)C(=O)O. The summed E-state index contributed by atoms with van der Waals surface area (Å²) in [6, 6.07) is 0.795. The van der Waals surface area contributed by atoms with Crippen molar-refractivity contribution >= 4 is 33.8 Å². The molecule has 0 aliphatic rings. The van der Waals surface area contributed by atoms with Crippen molar-refractivity contribution in [1.29, 1.82) is 0 Å². The van der Waals surface area contributed by atoms with E-state index in [2.05, 4.69) is 5.32 Å². The Kier molecular flexibility index (Phi) is 4.78. The van der Waals surface area contributed by atoms with E-state index in [9.17, 15) is 14.4 Å². The second-order valence-corrected chi connectivity index (χ2v) is 6.73. The van der Waals surface area contributed by atoms with Crippen LogP contribution >= 0.6 is 0 Å². The van der Waals surface area contributed by atoms with Crippen LogP contribution in [0.15, 0.2) is 26.0 Å². The molecule has 3 aromatic rings. The molecule has 142 valence electrons. The van der Waals surface area contributed by atoms with Crippen molar-refractivity contribution in [3.8, 4) is 0 Å². The summed E-state index contributed by atoms with van der Waals surface area (Å²) in [7, 11) is 0. The molecule has 2 aromatic heterocycles. The Labute approximate surface area is 155 Å². The Morgan fingerprint density at radius 1 is 1.19 bits per heavy atom. The maximum Gasteiger partial charge on any atom is 0.340 e. The van der Waals surface area contributed by atoms with Gasteiger partial charge in [-0.1, -0.05) is 6.92 Å². The fourth-order valence-corrected chi connectivity index (χ4v) is 3.42. The molecule has 0 fully saturated rings. The molecule has 0 radical (unpaired) electrons. The molecule has 7 heteroatoms. The van der Waals surface area contributed by atoms with Gasteiger partial charge in [0.2, 0.25) is 5.91 Å². The molecule has 27 heavy (non-hydrogen) atoms. The van der Waals surface area contributed by atoms with Crippen LogP contribution < -0.4 is 10.9 Å². The molecule has 0 bridgehead atoms. The molecule has 2 heterocycles. The number of aryl methyl sites for hydroxylation is 3. The number of amides is 1. The summed E-state index contributed by atoms with van der Waals surface area (Å²) in [5.41, 5.74) is 3.10. The van der Waals surface area contributed by atoms with Gasteiger partial charge >= 0.3 is 11.6 Å². The first-order valence-corrected chi connectivity index (χ1v) is 8.70. The number of rotatable bonds is 5. The Hall–Kier alpha value is -3.09. The van der Waals surface area contributed by atoms with Gasteiger partial charge in [-0.05, 0) is 49.9 Å². The highest BCUT2D eigenvalue weighted by atomic mass is 16.4. The molecule has 0 aliphatic carbocycles. The lowest BCUT2D eigenvalue weighted by Gasteiger charge is -2.13. The minimum atomic E-state index is -1.11. The van der Waals surface area contributed by atoms with Gasteiger partial charge in [-0.25, -0.2) is 9.59 Å². The molecule has 0 saturated carbocycles. The van der Waals surface area contributed by atoms with Gasteiger partial charge in [-0.3, -0.25) is 4.79 Å². The average Bonchev–Trinajstić information content (AvgIpc) is 2.98. The standard InChI is InChI=1S/C20H21NO6/c1-5-13(19(23)24)21-15(22)7-12-11(4)17-14(27-20(12)25)6-9(2)16-10(3)8-26-18(16)17/h6,8,13H,5,7H2,1-4H3,(H,21,22)(H,23,24)/t13-/m0/s1. The van der Waals surface area contributed by atoms with E-state index in [1.807, 2.05) is 13.8 Å². The van der Waals surface area contributed by atoms with Crippen molar-refractivity contribution in [2.24, 2.45) is 0 Å². The van der Waals surface area contributed by atoms with Gasteiger partial charge in [0, 0.05) is 5.39 Å². The van der Waals surface area contributed by atoms with Gasteiger partial charge in [0.15, 0.2) is 0 Å². The third-order valence-corrected chi connectivity index (χ3v) is 4.85. The molecule has 3 rings (SSSR count). The third kappa shape index (κ3) is 3.20. The fourth-order valence-electron chi connectivity index (χ4n) is 3.42. The summed E-state index contributed by atoms with van der Waals surface area (Å²) in [5, 5.41) is 13.1. The number of nitrogens with one attached hydrogen (secondary N) is 1. The zero-order valence-electron chi connectivity index (χ0n) is 15.6. The van der Waals surface area contributed by atoms with Crippen molar-refractivity contribution in [3.05, 3.63) is 45.0 Å². The molecular formula is C20H21NO6. The van der Waals surface area contributed by atoms with Crippen LogP contribution in [0, 0.1) is 20.8 Å². The molecule has 2 N–H and O–H groups in total. The summed E-state index contributed by atoms with van der Waals surface area (Å²) >= 11 is 0. The van der Waals surface area contributed by atoms with Crippen molar-refractivity contribution in [2.75, 3.05) is 0 Å². The summed E-state index contributed by atoms with van der Waals surface area (Å²) in [4.78, 5) is 35.8. The number of carboxylic acids is 1. The topological polar surface area (TPSA) is 110 Å². The van der Waals surface area contributed by atoms with Crippen LogP contribution in [0.1, 0.15) is 35.6 Å². The number of carbonyl (C=O) groups is 2. The molecule has 1 atom stereocenters. The summed E-state index contributed by atoms with van der Waals surface area (Å²) in [6.07, 6.45) is 1.63. The van der Waals surface area contributed by atoms with Crippen LogP contribution in [0.4, 0.5) is 0 Å². The lowest BCUT2D eigenvalue weighted by atomic mass is 9.98. The Morgan fingerprint density at radius 2 is 1.89 bits per heavy atom. The highest BCUT2D eigenvalue weighted by Crippen LogP contribution is 2.34. The first kappa shape index (κ1) is 18.7. The minimum absolute atomic E-state index is 0.194. The molecular weight excluding hydrogens is 350 g/mol. The normalized spacial score (nSPS) is 12.4. The van der Waals surface area contributed by atoms with Crippen LogP contribution in [0.5, 0.6) is 0 Å². The second kappa shape index (κ2) is 6.90. The largest absolute Gasteiger partial charge is 0.480 e. The highest BCUT2D eigenvalue weighted by molar-refractivity contribution is 6.07. The second-order valence-electron chi connectivity index (χ2n) is 6.73. The van der Waals surface area contributed by atoms with Crippen molar-refractivity contribution in [3.63, 3.8) is 0 Å². The smallest absolute Gasteiger partial charge is 0.340 e. The number of furan rings is 1. The number of hydrogen-bond acceptors (Lipinski definition) is 5. The predicted octanol–water partition coefficient (Wildman–Crippen LogP) is 2.99. The van der Waals surface area contributed by atoms with Crippen LogP contribution in [-0.2, 0) is 16.0 Å². The number of carbonyl (C=O) groups excluding carboxylic acids is 1. The Morgan fingerprint density at radius 3 is 2.52 bits per heavy atom. The van der Waals surface area contributed by atoms with Crippen LogP contribution in [0.25, 0.3) is 21.9 Å². The number of aliphatic carboxylic acids is 1. The molecule has 1 aromatic carbocycles. The van der Waals surface area contributed by atoms with Crippen molar-refractivity contribution in [1.82, 2.24) is 5.32 Å². The van der Waals surface area contributed by atoms with Crippen LogP contribution in [-0.4, -0.2) is 23.0 Å². The summed E-state index contributed by atoms with van der Waals surface area (Å²) in [5.74, 6) is -1.66. The van der Waals surface area contributed by atoms with E-state index in [4.69, 9.17) is 13.9 Å². The zero-order chi connectivity index (χ0) is 19.9. The van der Waals surface area contributed by atoms with Gasteiger partial charge < -0.3 is 19.3 Å². The fraction of sp³-hybridized carbons (Fsp3) is 0.350. The van der Waals surface area contributed by atoms with Gasteiger partial charge in [-0.15, -0.1) is 0 Å². The summed E-state index contributed by atoms with van der Waals surface area (Å²) in [6.45, 7) is 7.25. The summed E-state index contributed by atoms with van der Waals surface area (Å²) < 4.78 is 11.1. The molecule has 0 unspecified atom stereocenters. The zero-order valence-corrected chi connectivity index (χ0v) is 15.6. The number of fused-ring (bicyclic) bond motifs is 3. The maximum absolute atomic E-state index is 12.4. The Bertz CT molecular complexity index is 1120. The highest BCUT2D eigenvalue weighted by Gasteiger charge is 2.22. The van der Waals surface area contributed by atoms with Crippen molar-refractivity contribution in [2.45, 2.75) is 46.6 Å². The molecule has 1 amide bonds. The van der Waals surface area contributed by atoms with Gasteiger partial charge in [0.05, 0.1) is 23.6 Å². The Balaban J connectivity index is 2.10. The number of hydrogen-bond donors (Lipinski definition) is 2. The molecule has 7 nitrogen and oxygen atoms in total. The van der Waals surface area contributed by atoms with Gasteiger partial charge in [-0.2, -0.15) is 0 Å². The monoisotopic (exact) mass is 371 g/mol. The van der Waals surface area contributed by atoms with Gasteiger partial charge in [0.1, 0.15) is 17.2 Å². The first-order chi connectivity index (χ1) is 12.7. The van der Waals surface area contributed by atoms with E-state index < -0.39 is 23.5 Å². The van der Waals surface area contributed by atoms with Crippen LogP contribution in [0.3, 0.4) is 0 Å². The van der Waals surface area contributed by atoms with E-state index in [0.29, 0.717) is 22.1 Å². The molecule has 0 saturated heterocycles. The average molecular weight is 371 g/mol. The first-order valence-electron chi connectivity index (χ1n) is 8.70. The predicted molar refractivity (Wildman–Crippen MR) is 100 cm³/mol. The lowest BCUT2D eigenvalue weighted by molar-refractivity contribution is -0.141. The van der Waals surface area contributed by atoms with E-state index in [-0.39, 0.29) is 18.4 Å². The van der Waals surface area contributed by atoms with E-state index in [1.54, 1.807) is 26.2 Å². The lowest BCUT2D eigenvalue weighted by Crippen LogP contribution is -2.41. The van der Waals surface area contributed by atoms with E-state index >= 15 is 0 Å². The number of benzene rings is 1. The molecule has 0 aliphatic heterocycles. The number of carboxylic acid groups (broad SMARTS) is 1.